The Balaban J connectivity index is 2.24. The molecule has 2 aliphatic rings. The summed E-state index contributed by atoms with van der Waals surface area (Å²) in [6.07, 6.45) is 4.53. The minimum Gasteiger partial charge on any atom is -0.381 e. The Morgan fingerprint density at radius 3 is 2.39 bits per heavy atom. The lowest BCUT2D eigenvalue weighted by atomic mass is 9.56. The van der Waals surface area contributed by atoms with Crippen LogP contribution in [0.15, 0.2) is 22.7 Å². The third kappa shape index (κ3) is 4.72. The van der Waals surface area contributed by atoms with E-state index in [0.717, 1.165) is 42.1 Å². The largest absolute Gasteiger partial charge is 0.381 e. The molecule has 0 aliphatic heterocycles. The van der Waals surface area contributed by atoms with Crippen molar-refractivity contribution in [1.82, 2.24) is 9.62 Å². The molecule has 1 fully saturated rings. The highest BCUT2D eigenvalue weighted by atomic mass is 79.9. The van der Waals surface area contributed by atoms with Gasteiger partial charge in [0.1, 0.15) is 5.54 Å². The van der Waals surface area contributed by atoms with Gasteiger partial charge < -0.3 is 9.64 Å². The van der Waals surface area contributed by atoms with E-state index in [-0.39, 0.29) is 17.4 Å². The lowest BCUT2D eigenvalue weighted by Crippen LogP contribution is -2.65. The van der Waals surface area contributed by atoms with Crippen molar-refractivity contribution in [3.05, 3.63) is 33.8 Å². The lowest BCUT2D eigenvalue weighted by Gasteiger charge is -2.53. The Hall–Kier alpha value is -0.760. The van der Waals surface area contributed by atoms with Crippen LogP contribution in [0.1, 0.15) is 71.4 Å². The second-order valence-electron chi connectivity index (χ2n) is 10.1. The van der Waals surface area contributed by atoms with Crippen LogP contribution in [0.5, 0.6) is 0 Å². The summed E-state index contributed by atoms with van der Waals surface area (Å²) in [5.74, 6) is 1.21. The average Bonchev–Trinajstić information content (AvgIpc) is 3.01. The highest BCUT2D eigenvalue weighted by molar-refractivity contribution is 9.10. The van der Waals surface area contributed by atoms with Gasteiger partial charge in [-0.1, -0.05) is 49.2 Å². The molecule has 3 rings (SSSR count). The molecule has 1 aromatic carbocycles. The second-order valence-corrected chi connectivity index (χ2v) is 12.3. The van der Waals surface area contributed by atoms with Crippen molar-refractivity contribution in [1.29, 1.82) is 0 Å². The first-order chi connectivity index (χ1) is 15.7. The van der Waals surface area contributed by atoms with E-state index in [1.165, 1.54) is 5.56 Å². The molecule has 1 N–H and O–H groups in total. The molecule has 1 spiro atoms. The van der Waals surface area contributed by atoms with Crippen molar-refractivity contribution >= 4 is 32.8 Å². The van der Waals surface area contributed by atoms with E-state index >= 15 is 0 Å². The molecule has 0 heterocycles. The number of hydrogen-bond acceptors (Lipinski definition) is 3. The van der Waals surface area contributed by atoms with Crippen LogP contribution in [0.25, 0.3) is 0 Å². The molecular weight excluding hydrogens is 500 g/mol. The van der Waals surface area contributed by atoms with E-state index in [2.05, 4.69) is 59.6 Å². The number of nitrogens with zero attached hydrogens (tertiary/aromatic N) is 1. The molecule has 0 radical (unpaired) electrons. The molecule has 2 aliphatic carbocycles. The van der Waals surface area contributed by atoms with E-state index in [4.69, 9.17) is 4.74 Å². The summed E-state index contributed by atoms with van der Waals surface area (Å²) < 4.78 is 23.8. The summed E-state index contributed by atoms with van der Waals surface area (Å²) >= 11 is 3.65. The Labute approximate surface area is 211 Å². The van der Waals surface area contributed by atoms with E-state index in [1.807, 2.05) is 18.7 Å². The summed E-state index contributed by atoms with van der Waals surface area (Å²) in [7, 11) is 0.485. The maximum absolute atomic E-state index is 14.5. The fourth-order valence-corrected chi connectivity index (χ4v) is 8.42. The number of hydrogen-bond donors (Lipinski definition) is 1. The van der Waals surface area contributed by atoms with Gasteiger partial charge in [0.05, 0.1) is 17.1 Å². The number of nitrogens with one attached hydrogen (secondary N) is 1. The van der Waals surface area contributed by atoms with Crippen LogP contribution in [-0.4, -0.2) is 47.1 Å². The number of fused-ring (bicyclic) bond motifs is 1. The maximum atomic E-state index is 14.5. The van der Waals surface area contributed by atoms with Crippen LogP contribution in [-0.2, 0) is 32.5 Å². The number of halogens is 1. The normalized spacial score (nSPS) is 32.0. The van der Waals surface area contributed by atoms with Crippen LogP contribution >= 0.6 is 15.9 Å². The van der Waals surface area contributed by atoms with E-state index in [0.29, 0.717) is 30.7 Å². The number of likely N-dealkylation sites (N-methyl/N-ethyl adjacent to an activating group) is 1. The Morgan fingerprint density at radius 1 is 1.21 bits per heavy atom. The molecule has 186 valence electrons. The SMILES string of the molecule is CCCC[S@@](=O)N[C@@]1(C(=O)N(CC)CC)c2cc(Br)ccc2CC12C[C@@H](C)C(OC)[C@@H](C)C2. The van der Waals surface area contributed by atoms with Crippen molar-refractivity contribution in [3.63, 3.8) is 0 Å². The van der Waals surface area contributed by atoms with Gasteiger partial charge in [0.15, 0.2) is 0 Å². The third-order valence-electron chi connectivity index (χ3n) is 7.94. The van der Waals surface area contributed by atoms with Gasteiger partial charge in [-0.2, -0.15) is 0 Å². The molecule has 2 unspecified atom stereocenters. The molecule has 0 aromatic heterocycles. The van der Waals surface area contributed by atoms with Crippen molar-refractivity contribution in [2.75, 3.05) is 26.0 Å². The predicted molar refractivity (Wildman–Crippen MR) is 139 cm³/mol. The number of methoxy groups -OCH3 is 1. The lowest BCUT2D eigenvalue weighted by molar-refractivity contribution is -0.150. The minimum absolute atomic E-state index is 0.0597. The van der Waals surface area contributed by atoms with Gasteiger partial charge in [-0.25, -0.2) is 8.93 Å². The van der Waals surface area contributed by atoms with Gasteiger partial charge in [-0.15, -0.1) is 0 Å². The number of carbonyl (C=O) groups is 1. The van der Waals surface area contributed by atoms with Crippen LogP contribution in [0.2, 0.25) is 0 Å². The van der Waals surface area contributed by atoms with Crippen molar-refractivity contribution in [2.45, 2.75) is 78.4 Å². The minimum atomic E-state index is -1.31. The molecule has 7 heteroatoms. The van der Waals surface area contributed by atoms with Crippen LogP contribution < -0.4 is 4.72 Å². The van der Waals surface area contributed by atoms with Gasteiger partial charge in [-0.3, -0.25) is 4.79 Å². The topological polar surface area (TPSA) is 58.6 Å². The van der Waals surface area contributed by atoms with Crippen molar-refractivity contribution in [2.24, 2.45) is 17.3 Å². The van der Waals surface area contributed by atoms with E-state index in [9.17, 15) is 9.00 Å². The van der Waals surface area contributed by atoms with Crippen LogP contribution in [0.3, 0.4) is 0 Å². The van der Waals surface area contributed by atoms with Gasteiger partial charge >= 0.3 is 0 Å². The molecule has 1 aromatic rings. The first-order valence-corrected chi connectivity index (χ1v) is 14.6. The fraction of sp³-hybridized carbons (Fsp3) is 0.731. The molecule has 0 saturated heterocycles. The zero-order valence-corrected chi connectivity index (χ0v) is 23.5. The first-order valence-electron chi connectivity index (χ1n) is 12.5. The monoisotopic (exact) mass is 540 g/mol. The average molecular weight is 542 g/mol. The first kappa shape index (κ1) is 26.8. The Morgan fingerprint density at radius 2 is 1.85 bits per heavy atom. The van der Waals surface area contributed by atoms with E-state index < -0.39 is 16.5 Å². The van der Waals surface area contributed by atoms with Crippen LogP contribution in [0, 0.1) is 17.3 Å². The summed E-state index contributed by atoms with van der Waals surface area (Å²) in [6, 6.07) is 6.30. The molecule has 33 heavy (non-hydrogen) atoms. The molecule has 5 nitrogen and oxygen atoms in total. The number of ether oxygens (including phenoxy) is 1. The Kier molecular flexibility index (Phi) is 8.85. The quantitative estimate of drug-likeness (QED) is 0.468. The summed E-state index contributed by atoms with van der Waals surface area (Å²) in [5, 5.41) is 0. The highest BCUT2D eigenvalue weighted by Gasteiger charge is 2.65. The molecule has 0 bridgehead atoms. The maximum Gasteiger partial charge on any atom is 0.248 e. The van der Waals surface area contributed by atoms with Gasteiger partial charge in [-0.05, 0) is 74.6 Å². The summed E-state index contributed by atoms with van der Waals surface area (Å²) in [5.41, 5.74) is 0.812. The zero-order chi connectivity index (χ0) is 24.4. The highest BCUT2D eigenvalue weighted by Crippen LogP contribution is 2.61. The second kappa shape index (κ2) is 10.9. The summed E-state index contributed by atoms with van der Waals surface area (Å²) in [6.45, 7) is 11.9. The number of rotatable bonds is 9. The fourth-order valence-electron chi connectivity index (χ4n) is 6.65. The van der Waals surface area contributed by atoms with Gasteiger partial charge in [0, 0.05) is 35.8 Å². The molecular formula is C26H41BrN2O3S. The summed E-state index contributed by atoms with van der Waals surface area (Å²) in [4.78, 5) is 16.4. The van der Waals surface area contributed by atoms with Gasteiger partial charge in [0.25, 0.3) is 0 Å². The number of benzene rings is 1. The van der Waals surface area contributed by atoms with Gasteiger partial charge in [0.2, 0.25) is 5.91 Å². The molecule has 6 atom stereocenters. The van der Waals surface area contributed by atoms with E-state index in [1.54, 1.807) is 7.11 Å². The standard InChI is InChI=1S/C26H41BrN2O3S/c1-7-10-13-33(31)28-26(24(30)29(8-2)9-3)22-14-21(27)12-11-20(22)17-25(26)15-18(4)23(32-6)19(5)16-25/h11-12,14,18-19,23,28H,7-10,13,15-17H2,1-6H3/t18-,19+,23?,25?,26-,33-/m1/s1. The third-order valence-corrected chi connectivity index (χ3v) is 9.63. The smallest absolute Gasteiger partial charge is 0.248 e. The van der Waals surface area contributed by atoms with Crippen molar-refractivity contribution in [3.8, 4) is 0 Å². The number of amides is 1. The van der Waals surface area contributed by atoms with Crippen LogP contribution in [0.4, 0.5) is 0 Å². The number of carbonyl (C=O) groups excluding carboxylic acids is 1. The Bertz CT molecular complexity index is 863. The number of unbranched alkanes of at least 4 members (excludes halogenated alkanes) is 1. The predicted octanol–water partition coefficient (Wildman–Crippen LogP) is 5.19. The van der Waals surface area contributed by atoms with Crippen molar-refractivity contribution < 1.29 is 13.7 Å². The zero-order valence-electron chi connectivity index (χ0n) is 21.1. The molecule has 1 saturated carbocycles. The molecule has 1 amide bonds.